The van der Waals surface area contributed by atoms with E-state index >= 15 is 0 Å². The van der Waals surface area contributed by atoms with Crippen LogP contribution in [0.3, 0.4) is 0 Å². The first-order valence-corrected chi connectivity index (χ1v) is 8.22. The summed E-state index contributed by atoms with van der Waals surface area (Å²) in [6.45, 7) is 6.46. The molecule has 0 amide bonds. The van der Waals surface area contributed by atoms with Crippen LogP contribution >= 0.6 is 11.3 Å². The second kappa shape index (κ2) is 5.11. The summed E-state index contributed by atoms with van der Waals surface area (Å²) in [7, 11) is 0. The zero-order valence-electron chi connectivity index (χ0n) is 12.5. The third kappa shape index (κ3) is 2.06. The fourth-order valence-electron chi connectivity index (χ4n) is 2.98. The summed E-state index contributed by atoms with van der Waals surface area (Å²) in [4.78, 5) is 0. The number of rotatable bonds is 2. The van der Waals surface area contributed by atoms with E-state index in [0.29, 0.717) is 0 Å². The van der Waals surface area contributed by atoms with E-state index in [-0.39, 0.29) is 0 Å². The van der Waals surface area contributed by atoms with Crippen molar-refractivity contribution in [3.05, 3.63) is 90.0 Å². The Kier molecular flexibility index (Phi) is 3.09. The monoisotopic (exact) mass is 300 g/mol. The molecule has 1 heterocycles. The largest absolute Gasteiger partial charge is 0.135 e. The van der Waals surface area contributed by atoms with Crippen LogP contribution in [-0.4, -0.2) is 0 Å². The van der Waals surface area contributed by atoms with Gasteiger partial charge in [-0.15, -0.1) is 11.3 Å². The molecule has 0 nitrogen and oxygen atoms in total. The molecule has 0 atom stereocenters. The summed E-state index contributed by atoms with van der Waals surface area (Å²) in [5.41, 5.74) is 4.79. The molecule has 0 radical (unpaired) electrons. The smallest absolute Gasteiger partial charge is 0.0361 e. The highest BCUT2D eigenvalue weighted by molar-refractivity contribution is 7.25. The number of benzene rings is 3. The van der Waals surface area contributed by atoms with Crippen LogP contribution in [0.2, 0.25) is 0 Å². The minimum absolute atomic E-state index is 1.09. The van der Waals surface area contributed by atoms with Crippen LogP contribution in [0.25, 0.3) is 25.7 Å². The van der Waals surface area contributed by atoms with E-state index in [1.165, 1.54) is 36.9 Å². The molecule has 0 spiro atoms. The van der Waals surface area contributed by atoms with Gasteiger partial charge < -0.3 is 0 Å². The van der Waals surface area contributed by atoms with E-state index in [0.717, 1.165) is 5.57 Å². The van der Waals surface area contributed by atoms with Gasteiger partial charge in [-0.1, -0.05) is 61.2 Å². The van der Waals surface area contributed by atoms with Gasteiger partial charge >= 0.3 is 0 Å². The van der Waals surface area contributed by atoms with E-state index < -0.39 is 0 Å². The van der Waals surface area contributed by atoms with Crippen LogP contribution in [0.5, 0.6) is 0 Å². The Hall–Kier alpha value is -2.38. The lowest BCUT2D eigenvalue weighted by Gasteiger charge is -2.09. The maximum Gasteiger partial charge on any atom is 0.0361 e. The maximum absolute atomic E-state index is 4.32. The fourth-order valence-corrected chi connectivity index (χ4v) is 4.13. The van der Waals surface area contributed by atoms with Gasteiger partial charge in [0.2, 0.25) is 0 Å². The predicted octanol–water partition coefficient (Wildman–Crippen LogP) is 6.42. The van der Waals surface area contributed by atoms with Crippen molar-refractivity contribution >= 4 is 37.1 Å². The molecule has 1 heteroatoms. The van der Waals surface area contributed by atoms with Gasteiger partial charge in [0.1, 0.15) is 0 Å². The average molecular weight is 300 g/mol. The van der Waals surface area contributed by atoms with E-state index in [1.807, 2.05) is 11.3 Å². The summed E-state index contributed by atoms with van der Waals surface area (Å²) >= 11 is 1.85. The molecule has 3 aromatic carbocycles. The minimum atomic E-state index is 1.09. The van der Waals surface area contributed by atoms with E-state index in [9.17, 15) is 0 Å². The van der Waals surface area contributed by atoms with Crippen molar-refractivity contribution in [3.63, 3.8) is 0 Å². The molecule has 0 aliphatic carbocycles. The highest BCUT2D eigenvalue weighted by Crippen LogP contribution is 2.36. The molecule has 0 fully saturated rings. The van der Waals surface area contributed by atoms with Crippen molar-refractivity contribution in [2.75, 3.05) is 0 Å². The molecular weight excluding hydrogens is 284 g/mol. The molecule has 0 saturated carbocycles. The first-order valence-electron chi connectivity index (χ1n) is 7.40. The van der Waals surface area contributed by atoms with Gasteiger partial charge in [0.05, 0.1) is 0 Å². The molecule has 106 valence electrons. The van der Waals surface area contributed by atoms with Gasteiger partial charge in [0, 0.05) is 20.2 Å². The first-order chi connectivity index (χ1) is 10.7. The SMILES string of the molecule is C=C(c1ccc2c(c1)sc1ccccc12)c1ccccc1C. The lowest BCUT2D eigenvalue weighted by Crippen LogP contribution is -1.89. The van der Waals surface area contributed by atoms with Crippen molar-refractivity contribution < 1.29 is 0 Å². The Labute approximate surface area is 134 Å². The van der Waals surface area contributed by atoms with Crippen LogP contribution in [0.1, 0.15) is 16.7 Å². The predicted molar refractivity (Wildman–Crippen MR) is 98.6 cm³/mol. The number of hydrogen-bond acceptors (Lipinski definition) is 1. The van der Waals surface area contributed by atoms with Crippen LogP contribution in [0.4, 0.5) is 0 Å². The highest BCUT2D eigenvalue weighted by Gasteiger charge is 2.09. The third-order valence-corrected chi connectivity index (χ3v) is 5.33. The molecule has 22 heavy (non-hydrogen) atoms. The molecule has 0 saturated heterocycles. The van der Waals surface area contributed by atoms with Crippen molar-refractivity contribution in [2.24, 2.45) is 0 Å². The molecule has 1 aromatic heterocycles. The van der Waals surface area contributed by atoms with Crippen LogP contribution in [0, 0.1) is 6.92 Å². The molecular formula is C21H16S. The number of hydrogen-bond donors (Lipinski definition) is 0. The fraction of sp³-hybridized carbons (Fsp3) is 0.0476. The van der Waals surface area contributed by atoms with Crippen molar-refractivity contribution in [2.45, 2.75) is 6.92 Å². The second-order valence-electron chi connectivity index (χ2n) is 5.60. The van der Waals surface area contributed by atoms with Crippen molar-refractivity contribution in [1.82, 2.24) is 0 Å². The Bertz CT molecular complexity index is 1000. The Morgan fingerprint density at radius 2 is 1.55 bits per heavy atom. The van der Waals surface area contributed by atoms with Crippen LogP contribution in [0.15, 0.2) is 73.3 Å². The van der Waals surface area contributed by atoms with Crippen LogP contribution < -0.4 is 0 Å². The summed E-state index contributed by atoms with van der Waals surface area (Å²) in [6.07, 6.45) is 0. The third-order valence-electron chi connectivity index (χ3n) is 4.20. The number of thiophene rings is 1. The normalized spacial score (nSPS) is 11.1. The Balaban J connectivity index is 1.88. The van der Waals surface area contributed by atoms with Gasteiger partial charge in [0.25, 0.3) is 0 Å². The number of aryl methyl sites for hydroxylation is 1. The molecule has 4 aromatic rings. The average Bonchev–Trinajstić information content (AvgIpc) is 2.92. The Morgan fingerprint density at radius 3 is 2.41 bits per heavy atom. The van der Waals surface area contributed by atoms with Crippen molar-refractivity contribution in [1.29, 1.82) is 0 Å². The summed E-state index contributed by atoms with van der Waals surface area (Å²) in [5.74, 6) is 0. The van der Waals surface area contributed by atoms with Crippen molar-refractivity contribution in [3.8, 4) is 0 Å². The molecule has 0 bridgehead atoms. The summed E-state index contributed by atoms with van der Waals surface area (Å²) < 4.78 is 2.67. The van der Waals surface area contributed by atoms with Gasteiger partial charge in [0.15, 0.2) is 0 Å². The highest BCUT2D eigenvalue weighted by atomic mass is 32.1. The van der Waals surface area contributed by atoms with E-state index in [4.69, 9.17) is 0 Å². The van der Waals surface area contributed by atoms with Crippen LogP contribution in [-0.2, 0) is 0 Å². The maximum atomic E-state index is 4.32. The topological polar surface area (TPSA) is 0 Å². The van der Waals surface area contributed by atoms with E-state index in [1.54, 1.807) is 0 Å². The Morgan fingerprint density at radius 1 is 0.818 bits per heavy atom. The zero-order valence-corrected chi connectivity index (χ0v) is 13.3. The molecule has 0 aliphatic rings. The van der Waals surface area contributed by atoms with Gasteiger partial charge in [-0.25, -0.2) is 0 Å². The molecule has 4 rings (SSSR count). The molecule has 0 N–H and O–H groups in total. The minimum Gasteiger partial charge on any atom is -0.135 e. The first kappa shape index (κ1) is 13.3. The standard InChI is InChI=1S/C21H16S/c1-14-7-3-4-8-17(14)15(2)16-11-12-19-18-9-5-6-10-20(18)22-21(19)13-16/h3-13H,2H2,1H3. The lowest BCUT2D eigenvalue weighted by atomic mass is 9.95. The van der Waals surface area contributed by atoms with Gasteiger partial charge in [-0.05, 0) is 41.3 Å². The van der Waals surface area contributed by atoms with Gasteiger partial charge in [-0.3, -0.25) is 0 Å². The molecule has 0 unspecified atom stereocenters. The van der Waals surface area contributed by atoms with Gasteiger partial charge in [-0.2, -0.15) is 0 Å². The summed E-state index contributed by atoms with van der Waals surface area (Å²) in [5, 5.41) is 2.68. The lowest BCUT2D eigenvalue weighted by molar-refractivity contribution is 1.42. The molecule has 0 aliphatic heterocycles. The second-order valence-corrected chi connectivity index (χ2v) is 6.69. The van der Waals surface area contributed by atoms with E-state index in [2.05, 4.69) is 80.2 Å². The quantitative estimate of drug-likeness (QED) is 0.400. The zero-order chi connectivity index (χ0) is 15.1. The number of fused-ring (bicyclic) bond motifs is 3. The summed E-state index contributed by atoms with van der Waals surface area (Å²) in [6, 6.07) is 23.7.